The van der Waals surface area contributed by atoms with E-state index in [0.717, 1.165) is 5.56 Å². The Morgan fingerprint density at radius 2 is 1.81 bits per heavy atom. The highest BCUT2D eigenvalue weighted by atomic mass is 79.9. The van der Waals surface area contributed by atoms with Crippen LogP contribution in [0, 0.1) is 11.7 Å². The van der Waals surface area contributed by atoms with Crippen LogP contribution in [-0.4, -0.2) is 6.04 Å². The molecular weight excluding hydrogens is 269 g/mol. The Kier molecular flexibility index (Phi) is 4.93. The number of benzene rings is 1. The molecule has 1 aromatic rings. The van der Waals surface area contributed by atoms with Gasteiger partial charge < -0.3 is 5.32 Å². The summed E-state index contributed by atoms with van der Waals surface area (Å²) in [4.78, 5) is 0. The lowest BCUT2D eigenvalue weighted by Crippen LogP contribution is -2.33. The molecule has 0 aliphatic carbocycles. The summed E-state index contributed by atoms with van der Waals surface area (Å²) >= 11 is 3.21. The number of hydrogen-bond donors (Lipinski definition) is 1. The minimum atomic E-state index is -0.215. The Bertz CT molecular complexity index is 352. The zero-order chi connectivity index (χ0) is 12.3. The van der Waals surface area contributed by atoms with Gasteiger partial charge in [-0.05, 0) is 53.4 Å². The van der Waals surface area contributed by atoms with Gasteiger partial charge in [-0.15, -0.1) is 0 Å². The molecule has 0 radical (unpaired) electrons. The van der Waals surface area contributed by atoms with E-state index in [9.17, 15) is 4.39 Å². The van der Waals surface area contributed by atoms with E-state index >= 15 is 0 Å². The molecule has 0 aliphatic heterocycles. The molecule has 1 aromatic carbocycles. The molecule has 0 aromatic heterocycles. The quantitative estimate of drug-likeness (QED) is 0.871. The van der Waals surface area contributed by atoms with Gasteiger partial charge in [0.05, 0.1) is 4.47 Å². The number of hydrogen-bond acceptors (Lipinski definition) is 1. The fourth-order valence-corrected chi connectivity index (χ4v) is 1.86. The van der Waals surface area contributed by atoms with Gasteiger partial charge in [0.15, 0.2) is 0 Å². The highest BCUT2D eigenvalue weighted by Gasteiger charge is 2.13. The van der Waals surface area contributed by atoms with Crippen molar-refractivity contribution in [2.45, 2.75) is 39.8 Å². The third-order valence-electron chi connectivity index (χ3n) is 2.96. The van der Waals surface area contributed by atoms with E-state index in [2.05, 4.69) is 48.9 Å². The van der Waals surface area contributed by atoms with Gasteiger partial charge in [0.2, 0.25) is 0 Å². The second-order valence-corrected chi connectivity index (χ2v) is 5.45. The molecule has 0 amide bonds. The SMILES string of the molecule is CC(NC(C)C(C)C)c1ccc(F)c(Br)c1. The molecule has 16 heavy (non-hydrogen) atoms. The highest BCUT2D eigenvalue weighted by Crippen LogP contribution is 2.22. The van der Waals surface area contributed by atoms with Crippen LogP contribution in [0.2, 0.25) is 0 Å². The molecule has 0 aliphatic rings. The molecule has 3 heteroatoms. The normalized spacial score (nSPS) is 15.2. The van der Waals surface area contributed by atoms with Crippen molar-refractivity contribution in [1.29, 1.82) is 0 Å². The topological polar surface area (TPSA) is 12.0 Å². The first kappa shape index (κ1) is 13.7. The first-order valence-electron chi connectivity index (χ1n) is 5.62. The summed E-state index contributed by atoms with van der Waals surface area (Å²) in [5.41, 5.74) is 1.10. The maximum atomic E-state index is 13.1. The van der Waals surface area contributed by atoms with Crippen LogP contribution in [0.5, 0.6) is 0 Å². The van der Waals surface area contributed by atoms with Gasteiger partial charge in [0.25, 0.3) is 0 Å². The second-order valence-electron chi connectivity index (χ2n) is 4.59. The Morgan fingerprint density at radius 3 is 2.31 bits per heavy atom. The molecule has 1 rings (SSSR count). The van der Waals surface area contributed by atoms with Crippen molar-refractivity contribution in [3.63, 3.8) is 0 Å². The zero-order valence-electron chi connectivity index (χ0n) is 10.2. The van der Waals surface area contributed by atoms with Crippen LogP contribution in [-0.2, 0) is 0 Å². The summed E-state index contributed by atoms with van der Waals surface area (Å²) in [6.45, 7) is 8.63. The molecular formula is C13H19BrFN. The number of nitrogens with one attached hydrogen (secondary N) is 1. The highest BCUT2D eigenvalue weighted by molar-refractivity contribution is 9.10. The molecule has 2 atom stereocenters. The van der Waals surface area contributed by atoms with Crippen molar-refractivity contribution in [3.8, 4) is 0 Å². The van der Waals surface area contributed by atoms with Crippen molar-refractivity contribution >= 4 is 15.9 Å². The van der Waals surface area contributed by atoms with E-state index in [0.29, 0.717) is 16.4 Å². The van der Waals surface area contributed by atoms with Crippen LogP contribution < -0.4 is 5.32 Å². The van der Waals surface area contributed by atoms with Crippen LogP contribution in [0.15, 0.2) is 22.7 Å². The molecule has 0 saturated heterocycles. The first-order valence-corrected chi connectivity index (χ1v) is 6.42. The van der Waals surface area contributed by atoms with Crippen LogP contribution in [0.1, 0.15) is 39.3 Å². The lowest BCUT2D eigenvalue weighted by Gasteiger charge is -2.23. The van der Waals surface area contributed by atoms with Crippen LogP contribution in [0.25, 0.3) is 0 Å². The van der Waals surface area contributed by atoms with Crippen molar-refractivity contribution in [2.75, 3.05) is 0 Å². The molecule has 0 heterocycles. The Hall–Kier alpha value is -0.410. The molecule has 0 spiro atoms. The lowest BCUT2D eigenvalue weighted by atomic mass is 10.0. The van der Waals surface area contributed by atoms with Crippen molar-refractivity contribution in [2.24, 2.45) is 5.92 Å². The van der Waals surface area contributed by atoms with E-state index in [1.807, 2.05) is 12.1 Å². The minimum absolute atomic E-state index is 0.215. The maximum Gasteiger partial charge on any atom is 0.137 e. The average molecular weight is 288 g/mol. The Labute approximate surface area is 106 Å². The lowest BCUT2D eigenvalue weighted by molar-refractivity contribution is 0.388. The molecule has 0 saturated carbocycles. The van der Waals surface area contributed by atoms with Crippen molar-refractivity contribution in [3.05, 3.63) is 34.1 Å². The summed E-state index contributed by atoms with van der Waals surface area (Å²) in [5.74, 6) is 0.374. The van der Waals surface area contributed by atoms with Gasteiger partial charge in [-0.1, -0.05) is 19.9 Å². The predicted octanol–water partition coefficient (Wildman–Crippen LogP) is 4.28. The fourth-order valence-electron chi connectivity index (χ4n) is 1.46. The van der Waals surface area contributed by atoms with Gasteiger partial charge in [-0.25, -0.2) is 4.39 Å². The summed E-state index contributed by atoms with van der Waals surface area (Å²) in [7, 11) is 0. The second kappa shape index (κ2) is 5.78. The average Bonchev–Trinajstić information content (AvgIpc) is 2.21. The number of rotatable bonds is 4. The van der Waals surface area contributed by atoms with Gasteiger partial charge in [0, 0.05) is 12.1 Å². The molecule has 1 nitrogen and oxygen atoms in total. The standard InChI is InChI=1S/C13H19BrFN/c1-8(2)9(3)16-10(4)11-5-6-13(15)12(14)7-11/h5-10,16H,1-4H3. The van der Waals surface area contributed by atoms with Crippen LogP contribution >= 0.6 is 15.9 Å². The Morgan fingerprint density at radius 1 is 1.19 bits per heavy atom. The van der Waals surface area contributed by atoms with Gasteiger partial charge in [-0.3, -0.25) is 0 Å². The maximum absolute atomic E-state index is 13.1. The van der Waals surface area contributed by atoms with E-state index in [-0.39, 0.29) is 11.9 Å². The molecule has 90 valence electrons. The Balaban J connectivity index is 2.73. The molecule has 1 N–H and O–H groups in total. The summed E-state index contributed by atoms with van der Waals surface area (Å²) in [6.07, 6.45) is 0. The molecule has 0 fully saturated rings. The third kappa shape index (κ3) is 3.56. The van der Waals surface area contributed by atoms with Crippen molar-refractivity contribution < 1.29 is 4.39 Å². The minimum Gasteiger partial charge on any atom is -0.307 e. The van der Waals surface area contributed by atoms with E-state index in [1.54, 1.807) is 0 Å². The summed E-state index contributed by atoms with van der Waals surface area (Å²) < 4.78 is 13.6. The van der Waals surface area contributed by atoms with E-state index in [4.69, 9.17) is 0 Å². The van der Waals surface area contributed by atoms with Gasteiger partial charge in [0.1, 0.15) is 5.82 Å². The third-order valence-corrected chi connectivity index (χ3v) is 3.56. The van der Waals surface area contributed by atoms with Crippen LogP contribution in [0.3, 0.4) is 0 Å². The predicted molar refractivity (Wildman–Crippen MR) is 70.0 cm³/mol. The van der Waals surface area contributed by atoms with E-state index in [1.165, 1.54) is 6.07 Å². The largest absolute Gasteiger partial charge is 0.307 e. The summed E-state index contributed by atoms with van der Waals surface area (Å²) in [5, 5.41) is 3.50. The smallest absolute Gasteiger partial charge is 0.137 e. The van der Waals surface area contributed by atoms with Crippen LogP contribution in [0.4, 0.5) is 4.39 Å². The number of halogens is 2. The van der Waals surface area contributed by atoms with Gasteiger partial charge >= 0.3 is 0 Å². The molecule has 2 unspecified atom stereocenters. The monoisotopic (exact) mass is 287 g/mol. The van der Waals surface area contributed by atoms with E-state index < -0.39 is 0 Å². The first-order chi connectivity index (χ1) is 7.41. The summed E-state index contributed by atoms with van der Waals surface area (Å²) in [6, 6.07) is 5.83. The molecule has 0 bridgehead atoms. The van der Waals surface area contributed by atoms with Crippen molar-refractivity contribution in [1.82, 2.24) is 5.32 Å². The van der Waals surface area contributed by atoms with Gasteiger partial charge in [-0.2, -0.15) is 0 Å². The zero-order valence-corrected chi connectivity index (χ0v) is 11.8. The fraction of sp³-hybridized carbons (Fsp3) is 0.538.